The van der Waals surface area contributed by atoms with E-state index in [-0.39, 0.29) is 10.0 Å². The van der Waals surface area contributed by atoms with Gasteiger partial charge in [0.15, 0.2) is 0 Å². The van der Waals surface area contributed by atoms with Crippen molar-refractivity contribution in [1.82, 2.24) is 4.90 Å². The zero-order valence-electron chi connectivity index (χ0n) is 10.8. The van der Waals surface area contributed by atoms with Crippen molar-refractivity contribution >= 4 is 27.7 Å². The fraction of sp³-hybridized carbons (Fsp3) is 0.357. The highest BCUT2D eigenvalue weighted by molar-refractivity contribution is 9.10. The molecule has 0 spiro atoms. The first kappa shape index (κ1) is 14.7. The number of hydrogen-bond acceptors (Lipinski definition) is 3. The number of likely N-dealkylation sites (tertiary alicyclic amines) is 1. The zero-order valence-corrected chi connectivity index (χ0v) is 12.4. The average molecular weight is 341 g/mol. The van der Waals surface area contributed by atoms with Crippen LogP contribution < -0.4 is 5.73 Å². The van der Waals surface area contributed by atoms with Crippen LogP contribution in [-0.4, -0.2) is 24.1 Å². The van der Waals surface area contributed by atoms with Gasteiger partial charge in [0.25, 0.3) is 0 Å². The predicted molar refractivity (Wildman–Crippen MR) is 77.3 cm³/mol. The lowest BCUT2D eigenvalue weighted by Crippen LogP contribution is -2.35. The first-order valence-corrected chi connectivity index (χ1v) is 7.08. The molecular weight excluding hydrogens is 327 g/mol. The number of hydrogen-bond donors (Lipinski definition) is 1. The van der Waals surface area contributed by atoms with Gasteiger partial charge in [0.1, 0.15) is 11.9 Å². The maximum Gasteiger partial charge on any atom is 0.423 e. The number of rotatable bonds is 0. The Hall–Kier alpha value is -1.74. The highest BCUT2D eigenvalue weighted by atomic mass is 79.9. The van der Waals surface area contributed by atoms with Gasteiger partial charge < -0.3 is 15.4 Å². The van der Waals surface area contributed by atoms with Gasteiger partial charge in [-0.2, -0.15) is 0 Å². The van der Waals surface area contributed by atoms with Crippen LogP contribution in [0.1, 0.15) is 24.8 Å². The van der Waals surface area contributed by atoms with Gasteiger partial charge in [-0.1, -0.05) is 0 Å². The summed E-state index contributed by atoms with van der Waals surface area (Å²) in [6.07, 6.45) is 4.91. The minimum Gasteiger partial charge on any atom is -0.398 e. The number of nitrogen functional groups attached to an aromatic ring is 1. The molecule has 0 bridgehead atoms. The molecule has 106 valence electrons. The number of nitrogens with zero attached hydrogens (tertiary/aromatic N) is 1. The number of amides is 1. The molecule has 1 aliphatic heterocycles. The third kappa shape index (κ3) is 3.64. The molecule has 1 heterocycles. The molecule has 2 N–H and O–H groups in total. The Morgan fingerprint density at radius 1 is 1.35 bits per heavy atom. The summed E-state index contributed by atoms with van der Waals surface area (Å²) >= 11 is 3.03. The molecule has 2 rings (SSSR count). The smallest absolute Gasteiger partial charge is 0.398 e. The summed E-state index contributed by atoms with van der Waals surface area (Å²) in [7, 11) is 0. The van der Waals surface area contributed by atoms with Gasteiger partial charge in [0.2, 0.25) is 0 Å². The number of nitrogens with two attached hydrogens (primary N) is 1. The maximum atomic E-state index is 13.3. The topological polar surface area (TPSA) is 55.6 Å². The van der Waals surface area contributed by atoms with Crippen LogP contribution in [-0.2, 0) is 4.74 Å². The summed E-state index contributed by atoms with van der Waals surface area (Å²) in [5.74, 6) is 2.08. The largest absolute Gasteiger partial charge is 0.423 e. The van der Waals surface area contributed by atoms with Gasteiger partial charge in [0, 0.05) is 18.8 Å². The Kier molecular flexibility index (Phi) is 4.85. The van der Waals surface area contributed by atoms with Gasteiger partial charge in [-0.3, -0.25) is 0 Å². The van der Waals surface area contributed by atoms with Crippen LogP contribution in [0.15, 0.2) is 16.6 Å². The monoisotopic (exact) mass is 340 g/mol. The molecule has 1 aromatic carbocycles. The van der Waals surface area contributed by atoms with E-state index in [4.69, 9.17) is 10.5 Å². The van der Waals surface area contributed by atoms with Crippen LogP contribution in [0, 0.1) is 17.8 Å². The van der Waals surface area contributed by atoms with E-state index >= 15 is 0 Å². The first-order chi connectivity index (χ1) is 9.58. The minimum atomic E-state index is -0.467. The van der Waals surface area contributed by atoms with Crippen molar-refractivity contribution in [1.29, 1.82) is 0 Å². The van der Waals surface area contributed by atoms with E-state index in [1.165, 1.54) is 12.1 Å². The summed E-state index contributed by atoms with van der Waals surface area (Å²) in [5.41, 5.74) is 6.31. The van der Waals surface area contributed by atoms with Crippen molar-refractivity contribution in [3.05, 3.63) is 28.0 Å². The molecule has 0 radical (unpaired) electrons. The lowest BCUT2D eigenvalue weighted by molar-refractivity contribution is 0.134. The average Bonchev–Trinajstić information content (AvgIpc) is 2.45. The summed E-state index contributed by atoms with van der Waals surface area (Å²) in [6.45, 7) is 1.38. The summed E-state index contributed by atoms with van der Waals surface area (Å²) in [6, 6.07) is 2.62. The molecule has 1 fully saturated rings. The number of halogens is 2. The van der Waals surface area contributed by atoms with Crippen LogP contribution in [0.25, 0.3) is 0 Å². The molecule has 1 aliphatic rings. The van der Waals surface area contributed by atoms with Crippen molar-refractivity contribution in [2.75, 3.05) is 18.8 Å². The molecule has 1 saturated heterocycles. The highest BCUT2D eigenvalue weighted by Gasteiger charge is 2.17. The lowest BCUT2D eigenvalue weighted by atomic mass is 10.1. The number of piperidine rings is 1. The Labute approximate surface area is 125 Å². The standard InChI is InChI=1S/C14H14BrFN2O2/c15-11-9-13(17)10(8-12(11)16)4-7-20-14(19)18-5-2-1-3-6-18/h8-9H,1-3,5-6,17H2. The first-order valence-electron chi connectivity index (χ1n) is 6.29. The molecule has 0 aliphatic carbocycles. The molecule has 6 heteroatoms. The van der Waals surface area contributed by atoms with Crippen LogP contribution in [0.3, 0.4) is 0 Å². The van der Waals surface area contributed by atoms with E-state index in [1.54, 1.807) is 4.90 Å². The zero-order chi connectivity index (χ0) is 14.5. The molecule has 20 heavy (non-hydrogen) atoms. The minimum absolute atomic E-state index is 0.269. The van der Waals surface area contributed by atoms with Crippen molar-refractivity contribution in [2.45, 2.75) is 19.3 Å². The van der Waals surface area contributed by atoms with Crippen molar-refractivity contribution in [3.63, 3.8) is 0 Å². The van der Waals surface area contributed by atoms with Crippen LogP contribution in [0.5, 0.6) is 0 Å². The van der Waals surface area contributed by atoms with Gasteiger partial charge in [-0.25, -0.2) is 9.18 Å². The van der Waals surface area contributed by atoms with Crippen molar-refractivity contribution < 1.29 is 13.9 Å². The number of ether oxygens (including phenoxy) is 1. The number of anilines is 1. The van der Waals surface area contributed by atoms with E-state index in [0.29, 0.717) is 18.8 Å². The molecule has 1 amide bonds. The van der Waals surface area contributed by atoms with E-state index < -0.39 is 11.9 Å². The molecule has 0 atom stereocenters. The fourth-order valence-corrected chi connectivity index (χ4v) is 2.30. The Morgan fingerprint density at radius 3 is 2.75 bits per heavy atom. The fourth-order valence-electron chi connectivity index (χ4n) is 1.94. The van der Waals surface area contributed by atoms with Gasteiger partial charge in [-0.05, 0) is 53.2 Å². The molecule has 0 unspecified atom stereocenters. The number of benzene rings is 1. The van der Waals surface area contributed by atoms with E-state index in [1.807, 2.05) is 0 Å². The second-order valence-electron chi connectivity index (χ2n) is 4.50. The van der Waals surface area contributed by atoms with Crippen molar-refractivity contribution in [2.24, 2.45) is 0 Å². The molecular formula is C14H14BrFN2O2. The normalized spacial score (nSPS) is 14.4. The van der Waals surface area contributed by atoms with Crippen LogP contribution >= 0.6 is 15.9 Å². The van der Waals surface area contributed by atoms with E-state index in [2.05, 4.69) is 28.0 Å². The molecule has 0 saturated carbocycles. The lowest BCUT2D eigenvalue weighted by Gasteiger charge is -2.24. The van der Waals surface area contributed by atoms with Gasteiger partial charge >= 0.3 is 6.09 Å². The van der Waals surface area contributed by atoms with Crippen LogP contribution in [0.4, 0.5) is 14.9 Å². The molecule has 0 aromatic heterocycles. The number of carbonyl (C=O) groups is 1. The third-order valence-electron chi connectivity index (χ3n) is 3.03. The SMILES string of the molecule is Nc1cc(Br)c(F)cc1C#COC(=O)N1CCCCC1. The maximum absolute atomic E-state index is 13.3. The Balaban J connectivity index is 2.00. The molecule has 4 nitrogen and oxygen atoms in total. The predicted octanol–water partition coefficient (Wildman–Crippen LogP) is 3.10. The summed E-state index contributed by atoms with van der Waals surface area (Å²) in [4.78, 5) is 13.3. The quantitative estimate of drug-likeness (QED) is 0.583. The second kappa shape index (κ2) is 6.62. The van der Waals surface area contributed by atoms with Gasteiger partial charge in [-0.15, -0.1) is 0 Å². The van der Waals surface area contributed by atoms with Crippen LogP contribution in [0.2, 0.25) is 0 Å². The van der Waals surface area contributed by atoms with E-state index in [0.717, 1.165) is 19.3 Å². The molecule has 1 aromatic rings. The Bertz CT molecular complexity index is 575. The van der Waals surface area contributed by atoms with Gasteiger partial charge in [0.05, 0.1) is 10.0 Å². The van der Waals surface area contributed by atoms with Crippen molar-refractivity contribution in [3.8, 4) is 12.0 Å². The third-order valence-corrected chi connectivity index (χ3v) is 3.64. The number of carbonyl (C=O) groups excluding carboxylic acids is 1. The highest BCUT2D eigenvalue weighted by Crippen LogP contribution is 2.21. The van der Waals surface area contributed by atoms with E-state index in [9.17, 15) is 9.18 Å². The Morgan fingerprint density at radius 2 is 2.05 bits per heavy atom. The summed E-state index contributed by atoms with van der Waals surface area (Å²) in [5, 5.41) is 0. The summed E-state index contributed by atoms with van der Waals surface area (Å²) < 4.78 is 18.5. The second-order valence-corrected chi connectivity index (χ2v) is 5.35.